The SMILES string of the molecule is CCCCCN(C)C(=O)Nc1cccnc1C(=O)O. The lowest BCUT2D eigenvalue weighted by atomic mass is 10.2. The van der Waals surface area contributed by atoms with Gasteiger partial charge in [0, 0.05) is 19.8 Å². The Morgan fingerprint density at radius 1 is 1.42 bits per heavy atom. The molecule has 6 nitrogen and oxygen atoms in total. The molecule has 1 rings (SSSR count). The highest BCUT2D eigenvalue weighted by atomic mass is 16.4. The van der Waals surface area contributed by atoms with Gasteiger partial charge in [0.1, 0.15) is 0 Å². The Hall–Kier alpha value is -2.11. The maximum absolute atomic E-state index is 11.9. The van der Waals surface area contributed by atoms with E-state index in [1.54, 1.807) is 13.1 Å². The summed E-state index contributed by atoms with van der Waals surface area (Å²) in [6.45, 7) is 2.73. The monoisotopic (exact) mass is 265 g/mol. The summed E-state index contributed by atoms with van der Waals surface area (Å²) in [5, 5.41) is 11.5. The first-order valence-electron chi connectivity index (χ1n) is 6.26. The third kappa shape index (κ3) is 4.57. The lowest BCUT2D eigenvalue weighted by Crippen LogP contribution is -2.32. The molecule has 0 atom stereocenters. The number of rotatable bonds is 6. The van der Waals surface area contributed by atoms with Crippen molar-refractivity contribution in [3.63, 3.8) is 0 Å². The number of carbonyl (C=O) groups is 2. The molecule has 0 aliphatic heterocycles. The molecule has 0 bridgehead atoms. The average molecular weight is 265 g/mol. The Labute approximate surface area is 112 Å². The highest BCUT2D eigenvalue weighted by Crippen LogP contribution is 2.12. The molecule has 0 unspecified atom stereocenters. The van der Waals surface area contributed by atoms with Crippen molar-refractivity contribution in [3.05, 3.63) is 24.0 Å². The molecule has 0 saturated carbocycles. The molecule has 0 aromatic carbocycles. The van der Waals surface area contributed by atoms with Gasteiger partial charge in [-0.3, -0.25) is 0 Å². The van der Waals surface area contributed by atoms with E-state index in [2.05, 4.69) is 17.2 Å². The first-order valence-corrected chi connectivity index (χ1v) is 6.26. The Morgan fingerprint density at radius 3 is 2.79 bits per heavy atom. The number of hydrogen-bond acceptors (Lipinski definition) is 3. The van der Waals surface area contributed by atoms with Crippen molar-refractivity contribution in [3.8, 4) is 0 Å². The van der Waals surface area contributed by atoms with Gasteiger partial charge in [0.2, 0.25) is 0 Å². The summed E-state index contributed by atoms with van der Waals surface area (Å²) in [6, 6.07) is 2.78. The Kier molecular flexibility index (Phi) is 5.78. The van der Waals surface area contributed by atoms with E-state index in [9.17, 15) is 9.59 Å². The molecule has 0 aliphatic rings. The topological polar surface area (TPSA) is 82.5 Å². The summed E-state index contributed by atoms with van der Waals surface area (Å²) in [6.07, 6.45) is 4.45. The van der Waals surface area contributed by atoms with Gasteiger partial charge in [0.25, 0.3) is 0 Å². The summed E-state index contributed by atoms with van der Waals surface area (Å²) < 4.78 is 0. The number of aromatic carboxylic acids is 1. The second kappa shape index (κ2) is 7.35. The lowest BCUT2D eigenvalue weighted by Gasteiger charge is -2.18. The molecule has 0 spiro atoms. The highest BCUT2D eigenvalue weighted by molar-refractivity contribution is 5.98. The number of nitrogens with zero attached hydrogens (tertiary/aromatic N) is 2. The van der Waals surface area contributed by atoms with E-state index in [1.807, 2.05) is 0 Å². The summed E-state index contributed by atoms with van der Waals surface area (Å²) in [7, 11) is 1.68. The van der Waals surface area contributed by atoms with Crippen molar-refractivity contribution in [2.45, 2.75) is 26.2 Å². The first-order chi connectivity index (χ1) is 9.06. The predicted octanol–water partition coefficient (Wildman–Crippen LogP) is 2.43. The van der Waals surface area contributed by atoms with Crippen molar-refractivity contribution in [2.24, 2.45) is 0 Å². The predicted molar refractivity (Wildman–Crippen MR) is 72.4 cm³/mol. The van der Waals surface area contributed by atoms with Crippen LogP contribution < -0.4 is 5.32 Å². The third-order valence-electron chi connectivity index (χ3n) is 2.70. The number of carboxylic acids is 1. The summed E-state index contributed by atoms with van der Waals surface area (Å²) in [5.41, 5.74) is 0.0557. The molecule has 1 heterocycles. The van der Waals surface area contributed by atoms with Crippen LogP contribution in [0.5, 0.6) is 0 Å². The Morgan fingerprint density at radius 2 is 2.16 bits per heavy atom. The molecule has 1 aromatic rings. The fourth-order valence-corrected chi connectivity index (χ4v) is 1.59. The van der Waals surface area contributed by atoms with Crippen LogP contribution in [0.1, 0.15) is 36.7 Å². The molecule has 1 aromatic heterocycles. The van der Waals surface area contributed by atoms with Crippen LogP contribution in [0.3, 0.4) is 0 Å². The van der Waals surface area contributed by atoms with Crippen LogP contribution in [0.4, 0.5) is 10.5 Å². The van der Waals surface area contributed by atoms with E-state index in [1.165, 1.54) is 17.2 Å². The zero-order valence-electron chi connectivity index (χ0n) is 11.2. The summed E-state index contributed by atoms with van der Waals surface area (Å²) >= 11 is 0. The minimum absolute atomic E-state index is 0.155. The van der Waals surface area contributed by atoms with Crippen molar-refractivity contribution in [2.75, 3.05) is 18.9 Å². The minimum Gasteiger partial charge on any atom is -0.476 e. The zero-order chi connectivity index (χ0) is 14.3. The first kappa shape index (κ1) is 14.9. The molecule has 104 valence electrons. The van der Waals surface area contributed by atoms with E-state index in [-0.39, 0.29) is 17.4 Å². The van der Waals surface area contributed by atoms with E-state index >= 15 is 0 Å². The number of urea groups is 1. The Bertz CT molecular complexity index is 449. The molecular weight excluding hydrogens is 246 g/mol. The van der Waals surface area contributed by atoms with E-state index in [0.29, 0.717) is 6.54 Å². The number of pyridine rings is 1. The van der Waals surface area contributed by atoms with Crippen LogP contribution in [0.2, 0.25) is 0 Å². The number of aromatic nitrogens is 1. The van der Waals surface area contributed by atoms with Gasteiger partial charge < -0.3 is 15.3 Å². The lowest BCUT2D eigenvalue weighted by molar-refractivity contribution is 0.0691. The van der Waals surface area contributed by atoms with Crippen molar-refractivity contribution < 1.29 is 14.7 Å². The maximum atomic E-state index is 11.9. The number of carbonyl (C=O) groups excluding carboxylic acids is 1. The van der Waals surface area contributed by atoms with Gasteiger partial charge in [-0.25, -0.2) is 14.6 Å². The van der Waals surface area contributed by atoms with Gasteiger partial charge in [0.05, 0.1) is 5.69 Å². The van der Waals surface area contributed by atoms with E-state index in [4.69, 9.17) is 5.11 Å². The quantitative estimate of drug-likeness (QED) is 0.774. The molecule has 0 saturated heterocycles. The van der Waals surface area contributed by atoms with E-state index < -0.39 is 5.97 Å². The van der Waals surface area contributed by atoms with Crippen LogP contribution >= 0.6 is 0 Å². The molecule has 0 aliphatic carbocycles. The third-order valence-corrected chi connectivity index (χ3v) is 2.70. The molecule has 2 N–H and O–H groups in total. The molecule has 19 heavy (non-hydrogen) atoms. The van der Waals surface area contributed by atoms with E-state index in [0.717, 1.165) is 19.3 Å². The second-order valence-corrected chi connectivity index (χ2v) is 4.26. The van der Waals surface area contributed by atoms with Crippen molar-refractivity contribution in [1.82, 2.24) is 9.88 Å². The van der Waals surface area contributed by atoms with Crippen molar-refractivity contribution in [1.29, 1.82) is 0 Å². The standard InChI is InChI=1S/C13H19N3O3/c1-3-4-5-9-16(2)13(19)15-10-7-6-8-14-11(10)12(17)18/h6-8H,3-5,9H2,1-2H3,(H,15,19)(H,17,18). The van der Waals surface area contributed by atoms with Crippen LogP contribution in [0.15, 0.2) is 18.3 Å². The van der Waals surface area contributed by atoms with Crippen LogP contribution in [-0.2, 0) is 0 Å². The molecule has 0 radical (unpaired) electrons. The number of carboxylic acid groups (broad SMARTS) is 1. The second-order valence-electron chi connectivity index (χ2n) is 4.26. The summed E-state index contributed by atoms with van der Waals surface area (Å²) in [5.74, 6) is -1.16. The van der Waals surface area contributed by atoms with Crippen LogP contribution in [0, 0.1) is 0 Å². The Balaban J connectivity index is 2.64. The molecule has 6 heteroatoms. The summed E-state index contributed by atoms with van der Waals surface area (Å²) in [4.78, 5) is 28.1. The fourth-order valence-electron chi connectivity index (χ4n) is 1.59. The van der Waals surface area contributed by atoms with Gasteiger partial charge in [-0.15, -0.1) is 0 Å². The minimum atomic E-state index is -1.16. The normalized spacial score (nSPS) is 10.0. The van der Waals surface area contributed by atoms with Gasteiger partial charge >= 0.3 is 12.0 Å². The molecule has 0 fully saturated rings. The van der Waals surface area contributed by atoms with Gasteiger partial charge in [-0.2, -0.15) is 0 Å². The smallest absolute Gasteiger partial charge is 0.356 e. The molecular formula is C13H19N3O3. The number of amides is 2. The zero-order valence-corrected chi connectivity index (χ0v) is 11.2. The number of nitrogens with one attached hydrogen (secondary N) is 1. The van der Waals surface area contributed by atoms with Gasteiger partial charge in [-0.1, -0.05) is 19.8 Å². The largest absolute Gasteiger partial charge is 0.476 e. The number of anilines is 1. The number of hydrogen-bond donors (Lipinski definition) is 2. The fraction of sp³-hybridized carbons (Fsp3) is 0.462. The maximum Gasteiger partial charge on any atom is 0.356 e. The van der Waals surface area contributed by atoms with Gasteiger partial charge in [0.15, 0.2) is 5.69 Å². The average Bonchev–Trinajstić information content (AvgIpc) is 2.39. The van der Waals surface area contributed by atoms with Gasteiger partial charge in [-0.05, 0) is 18.6 Å². The van der Waals surface area contributed by atoms with Crippen LogP contribution in [-0.4, -0.2) is 40.6 Å². The van der Waals surface area contributed by atoms with Crippen molar-refractivity contribution >= 4 is 17.7 Å². The molecule has 2 amide bonds. The number of unbranched alkanes of at least 4 members (excludes halogenated alkanes) is 2. The highest BCUT2D eigenvalue weighted by Gasteiger charge is 2.15. The van der Waals surface area contributed by atoms with Crippen LogP contribution in [0.25, 0.3) is 0 Å².